The number of benzene rings is 3. The molecule has 4 nitrogen and oxygen atoms in total. The topological polar surface area (TPSA) is 38.8 Å². The van der Waals surface area contributed by atoms with Gasteiger partial charge in [0, 0.05) is 23.3 Å². The zero-order valence-electron chi connectivity index (χ0n) is 18.5. The van der Waals surface area contributed by atoms with E-state index in [-0.39, 0.29) is 23.9 Å². The molecule has 9 heteroatoms. The van der Waals surface area contributed by atoms with Crippen molar-refractivity contribution >= 4 is 23.2 Å². The van der Waals surface area contributed by atoms with Crippen molar-refractivity contribution in [1.29, 1.82) is 0 Å². The molecular formula is C25H22ClF4NO3. The Morgan fingerprint density at radius 2 is 1.62 bits per heavy atom. The summed E-state index contributed by atoms with van der Waals surface area (Å²) >= 11 is 6.10. The molecule has 0 saturated heterocycles. The number of ether oxygens (including phenoxy) is 2. The Balaban J connectivity index is 1.87. The summed E-state index contributed by atoms with van der Waals surface area (Å²) in [6.07, 6.45) is -4.22. The van der Waals surface area contributed by atoms with Crippen LogP contribution in [0.4, 0.5) is 23.2 Å². The molecule has 34 heavy (non-hydrogen) atoms. The Bertz CT molecular complexity index is 1150. The molecular weight excluding hydrogens is 474 g/mol. The maximum Gasteiger partial charge on any atom is 0.416 e. The molecule has 3 aromatic rings. The van der Waals surface area contributed by atoms with E-state index in [4.69, 9.17) is 21.1 Å². The number of nitrogens with zero attached hydrogens (tertiary/aromatic N) is 1. The molecule has 0 N–H and O–H groups in total. The normalized spacial score (nSPS) is 11.3. The van der Waals surface area contributed by atoms with E-state index in [0.717, 1.165) is 18.2 Å². The smallest absolute Gasteiger partial charge is 0.416 e. The monoisotopic (exact) mass is 495 g/mol. The molecule has 0 unspecified atom stereocenters. The zero-order valence-corrected chi connectivity index (χ0v) is 19.2. The van der Waals surface area contributed by atoms with Crippen LogP contribution in [0, 0.1) is 5.82 Å². The summed E-state index contributed by atoms with van der Waals surface area (Å²) in [5.41, 5.74) is 0.849. The van der Waals surface area contributed by atoms with Crippen molar-refractivity contribution in [3.8, 4) is 11.5 Å². The molecule has 3 rings (SSSR count). The van der Waals surface area contributed by atoms with Gasteiger partial charge in [0.1, 0.15) is 5.82 Å². The van der Waals surface area contributed by atoms with E-state index in [0.29, 0.717) is 34.7 Å². The predicted molar refractivity (Wildman–Crippen MR) is 122 cm³/mol. The Morgan fingerprint density at radius 3 is 2.21 bits per heavy atom. The van der Waals surface area contributed by atoms with Crippen LogP contribution >= 0.6 is 11.6 Å². The first-order valence-electron chi connectivity index (χ1n) is 10.2. The number of carbonyl (C=O) groups excluding carboxylic acids is 1. The molecule has 0 atom stereocenters. The van der Waals surface area contributed by atoms with Gasteiger partial charge in [0.2, 0.25) is 5.91 Å². The standard InChI is InChI=1S/C25H22ClF4NO3/c1-33-22-10-9-20(15-23(22)34-2)31(24(32)13-17-5-8-19(27)14-21(17)26)12-11-16-3-6-18(7-4-16)25(28,29)30/h3-10,14-15H,11-13H2,1-2H3. The third kappa shape index (κ3) is 6.20. The van der Waals surface area contributed by atoms with Crippen LogP contribution in [-0.2, 0) is 23.8 Å². The fraction of sp³-hybridized carbons (Fsp3) is 0.240. The van der Waals surface area contributed by atoms with Crippen molar-refractivity contribution < 1.29 is 31.8 Å². The molecule has 1 amide bonds. The Morgan fingerprint density at radius 1 is 0.941 bits per heavy atom. The average Bonchev–Trinajstić information content (AvgIpc) is 2.80. The van der Waals surface area contributed by atoms with Gasteiger partial charge in [-0.2, -0.15) is 13.2 Å². The highest BCUT2D eigenvalue weighted by molar-refractivity contribution is 6.31. The lowest BCUT2D eigenvalue weighted by molar-refractivity contribution is -0.137. The van der Waals surface area contributed by atoms with Crippen LogP contribution in [0.5, 0.6) is 11.5 Å². The second kappa shape index (κ2) is 10.8. The number of methoxy groups -OCH3 is 2. The molecule has 0 aliphatic heterocycles. The highest BCUT2D eigenvalue weighted by Gasteiger charge is 2.30. The largest absolute Gasteiger partial charge is 0.493 e. The third-order valence-electron chi connectivity index (χ3n) is 5.24. The highest BCUT2D eigenvalue weighted by Crippen LogP contribution is 2.33. The van der Waals surface area contributed by atoms with Crippen molar-refractivity contribution in [3.63, 3.8) is 0 Å². The molecule has 0 bridgehead atoms. The van der Waals surface area contributed by atoms with Crippen molar-refractivity contribution in [3.05, 3.63) is 88.2 Å². The lowest BCUT2D eigenvalue weighted by Gasteiger charge is -2.24. The van der Waals surface area contributed by atoms with Crippen LogP contribution in [0.25, 0.3) is 0 Å². The molecule has 0 heterocycles. The number of anilines is 1. The number of hydrogen-bond acceptors (Lipinski definition) is 3. The first kappa shape index (κ1) is 25.4. The van der Waals surface area contributed by atoms with E-state index in [1.165, 1.54) is 43.4 Å². The number of rotatable bonds is 8. The molecule has 180 valence electrons. The Labute approximate surface area is 199 Å². The third-order valence-corrected chi connectivity index (χ3v) is 5.59. The number of halogens is 5. The highest BCUT2D eigenvalue weighted by atomic mass is 35.5. The first-order chi connectivity index (χ1) is 16.1. The van der Waals surface area contributed by atoms with Crippen molar-refractivity contribution in [1.82, 2.24) is 0 Å². The SMILES string of the molecule is COc1ccc(N(CCc2ccc(C(F)(F)F)cc2)C(=O)Cc2ccc(F)cc2Cl)cc1OC. The predicted octanol–water partition coefficient (Wildman–Crippen LogP) is 6.33. The summed E-state index contributed by atoms with van der Waals surface area (Å²) < 4.78 is 62.5. The lowest BCUT2D eigenvalue weighted by atomic mass is 10.1. The lowest BCUT2D eigenvalue weighted by Crippen LogP contribution is -2.34. The molecule has 0 aliphatic rings. The molecule has 0 aromatic heterocycles. The maximum atomic E-state index is 13.4. The van der Waals surface area contributed by atoms with E-state index in [9.17, 15) is 22.4 Å². The molecule has 0 aliphatic carbocycles. The van der Waals surface area contributed by atoms with Crippen LogP contribution in [0.3, 0.4) is 0 Å². The van der Waals surface area contributed by atoms with Gasteiger partial charge < -0.3 is 14.4 Å². The Hall–Kier alpha value is -3.26. The van der Waals surface area contributed by atoms with Gasteiger partial charge in [-0.1, -0.05) is 29.8 Å². The fourth-order valence-electron chi connectivity index (χ4n) is 3.42. The van der Waals surface area contributed by atoms with E-state index in [2.05, 4.69) is 0 Å². The van der Waals surface area contributed by atoms with Gasteiger partial charge in [-0.05, 0) is 53.9 Å². The van der Waals surface area contributed by atoms with Crippen LogP contribution < -0.4 is 14.4 Å². The van der Waals surface area contributed by atoms with E-state index in [1.54, 1.807) is 18.2 Å². The summed E-state index contributed by atoms with van der Waals surface area (Å²) in [5, 5.41) is 0.128. The molecule has 3 aromatic carbocycles. The van der Waals surface area contributed by atoms with E-state index < -0.39 is 17.6 Å². The van der Waals surface area contributed by atoms with Crippen LogP contribution in [-0.4, -0.2) is 26.7 Å². The number of amides is 1. The first-order valence-corrected chi connectivity index (χ1v) is 10.6. The molecule has 0 spiro atoms. The number of carbonyl (C=O) groups is 1. The minimum absolute atomic E-state index is 0.0968. The minimum Gasteiger partial charge on any atom is -0.493 e. The van der Waals surface area contributed by atoms with Gasteiger partial charge >= 0.3 is 6.18 Å². The number of hydrogen-bond donors (Lipinski definition) is 0. The summed E-state index contributed by atoms with van der Waals surface area (Å²) in [5.74, 6) is 0.0444. The fourth-order valence-corrected chi connectivity index (χ4v) is 3.65. The zero-order chi connectivity index (χ0) is 24.9. The van der Waals surface area contributed by atoms with Crippen molar-refractivity contribution in [2.45, 2.75) is 19.0 Å². The Kier molecular flexibility index (Phi) is 8.04. The second-order valence-corrected chi connectivity index (χ2v) is 7.85. The van der Waals surface area contributed by atoms with Gasteiger partial charge in [0.05, 0.1) is 26.2 Å². The van der Waals surface area contributed by atoms with Crippen LogP contribution in [0.1, 0.15) is 16.7 Å². The van der Waals surface area contributed by atoms with Crippen molar-refractivity contribution in [2.75, 3.05) is 25.7 Å². The minimum atomic E-state index is -4.42. The maximum absolute atomic E-state index is 13.4. The summed E-state index contributed by atoms with van der Waals surface area (Å²) in [6, 6.07) is 13.6. The van der Waals surface area contributed by atoms with Gasteiger partial charge in [-0.25, -0.2) is 4.39 Å². The number of alkyl halides is 3. The van der Waals surface area contributed by atoms with E-state index >= 15 is 0 Å². The summed E-state index contributed by atoms with van der Waals surface area (Å²) in [7, 11) is 2.95. The van der Waals surface area contributed by atoms with E-state index in [1.807, 2.05) is 0 Å². The van der Waals surface area contributed by atoms with Gasteiger partial charge in [-0.15, -0.1) is 0 Å². The van der Waals surface area contributed by atoms with Crippen LogP contribution in [0.2, 0.25) is 5.02 Å². The van der Waals surface area contributed by atoms with Crippen LogP contribution in [0.15, 0.2) is 60.7 Å². The van der Waals surface area contributed by atoms with Gasteiger partial charge in [-0.3, -0.25) is 4.79 Å². The molecule has 0 radical (unpaired) electrons. The van der Waals surface area contributed by atoms with Crippen molar-refractivity contribution in [2.24, 2.45) is 0 Å². The summed E-state index contributed by atoms with van der Waals surface area (Å²) in [6.45, 7) is 0.179. The average molecular weight is 496 g/mol. The molecule has 0 saturated carbocycles. The summed E-state index contributed by atoms with van der Waals surface area (Å²) in [4.78, 5) is 14.7. The second-order valence-electron chi connectivity index (χ2n) is 7.44. The quantitative estimate of drug-likeness (QED) is 0.343. The van der Waals surface area contributed by atoms with Gasteiger partial charge in [0.25, 0.3) is 0 Å². The molecule has 0 fully saturated rings. The van der Waals surface area contributed by atoms with Gasteiger partial charge in [0.15, 0.2) is 11.5 Å².